The molecule has 2 rings (SSSR count). The van der Waals surface area contributed by atoms with Gasteiger partial charge in [0.1, 0.15) is 12.7 Å². The maximum atomic E-state index is 11.8. The van der Waals surface area contributed by atoms with Gasteiger partial charge < -0.3 is 19.3 Å². The summed E-state index contributed by atoms with van der Waals surface area (Å²) in [5, 5.41) is 8.11. The summed E-state index contributed by atoms with van der Waals surface area (Å²) in [5.74, 6) is 1.28. The first-order valence-electron chi connectivity index (χ1n) is 7.13. The van der Waals surface area contributed by atoms with Crippen molar-refractivity contribution in [3.8, 4) is 5.88 Å². The van der Waals surface area contributed by atoms with E-state index >= 15 is 0 Å². The minimum absolute atomic E-state index is 0.0111. The van der Waals surface area contributed by atoms with Gasteiger partial charge in [0.15, 0.2) is 5.82 Å². The molecule has 0 radical (unpaired) electrons. The van der Waals surface area contributed by atoms with Gasteiger partial charge in [0.25, 0.3) is 0 Å². The van der Waals surface area contributed by atoms with E-state index in [1.165, 1.54) is 0 Å². The second-order valence-electron chi connectivity index (χ2n) is 5.13. The van der Waals surface area contributed by atoms with Gasteiger partial charge in [0, 0.05) is 39.7 Å². The zero-order valence-electron chi connectivity index (χ0n) is 12.8. The fourth-order valence-corrected chi connectivity index (χ4v) is 2.12. The molecule has 1 aliphatic heterocycles. The average molecular weight is 294 g/mol. The van der Waals surface area contributed by atoms with Gasteiger partial charge in [-0.3, -0.25) is 4.79 Å². The first-order valence-corrected chi connectivity index (χ1v) is 7.13. The maximum absolute atomic E-state index is 11.8. The number of amides is 1. The van der Waals surface area contributed by atoms with Crippen molar-refractivity contribution in [1.82, 2.24) is 15.1 Å². The van der Waals surface area contributed by atoms with Crippen LogP contribution in [-0.4, -0.2) is 67.5 Å². The summed E-state index contributed by atoms with van der Waals surface area (Å²) in [4.78, 5) is 15.5. The molecule has 1 aromatic heterocycles. The third-order valence-electron chi connectivity index (χ3n) is 3.30. The van der Waals surface area contributed by atoms with E-state index < -0.39 is 0 Å². The minimum Gasteiger partial charge on any atom is -0.471 e. The quantitative estimate of drug-likeness (QED) is 0.763. The van der Waals surface area contributed by atoms with Gasteiger partial charge in [-0.25, -0.2) is 0 Å². The smallest absolute Gasteiger partial charge is 0.248 e. The lowest BCUT2D eigenvalue weighted by atomic mass is 10.3. The highest BCUT2D eigenvalue weighted by Crippen LogP contribution is 2.17. The van der Waals surface area contributed by atoms with E-state index in [0.29, 0.717) is 25.6 Å². The van der Waals surface area contributed by atoms with Gasteiger partial charge in [0.2, 0.25) is 11.8 Å². The van der Waals surface area contributed by atoms with Gasteiger partial charge in [-0.2, -0.15) is 0 Å². The predicted molar refractivity (Wildman–Crippen MR) is 78.5 cm³/mol. The molecule has 0 aromatic carbocycles. The van der Waals surface area contributed by atoms with Crippen LogP contribution >= 0.6 is 0 Å². The van der Waals surface area contributed by atoms with Gasteiger partial charge in [0.05, 0.1) is 6.54 Å². The Morgan fingerprint density at radius 2 is 2.24 bits per heavy atom. The number of ether oxygens (including phenoxy) is 2. The largest absolute Gasteiger partial charge is 0.471 e. The van der Waals surface area contributed by atoms with Crippen molar-refractivity contribution < 1.29 is 14.3 Å². The molecule has 0 bridgehead atoms. The molecule has 0 unspecified atom stereocenters. The number of carbonyl (C=O) groups is 1. The maximum Gasteiger partial charge on any atom is 0.248 e. The highest BCUT2D eigenvalue weighted by molar-refractivity contribution is 5.77. The van der Waals surface area contributed by atoms with Crippen LogP contribution in [0.1, 0.15) is 13.3 Å². The Balaban J connectivity index is 1.83. The summed E-state index contributed by atoms with van der Waals surface area (Å²) in [6.07, 6.45) is 0.768. The lowest BCUT2D eigenvalue weighted by molar-refractivity contribution is -0.135. The number of hydrogen-bond acceptors (Lipinski definition) is 6. The van der Waals surface area contributed by atoms with Crippen molar-refractivity contribution in [2.24, 2.45) is 0 Å². The fourth-order valence-electron chi connectivity index (χ4n) is 2.12. The molecule has 1 aromatic rings. The van der Waals surface area contributed by atoms with E-state index in [1.807, 2.05) is 32.0 Å². The van der Waals surface area contributed by atoms with E-state index in [9.17, 15) is 4.79 Å². The summed E-state index contributed by atoms with van der Waals surface area (Å²) in [6.45, 7) is 3.83. The molecule has 2 heterocycles. The Morgan fingerprint density at radius 3 is 2.86 bits per heavy atom. The van der Waals surface area contributed by atoms with E-state index in [4.69, 9.17) is 9.47 Å². The summed E-state index contributed by atoms with van der Waals surface area (Å²) in [6, 6.07) is 3.66. The second-order valence-corrected chi connectivity index (χ2v) is 5.13. The summed E-state index contributed by atoms with van der Waals surface area (Å²) >= 11 is 0. The second kappa shape index (κ2) is 7.21. The lowest BCUT2D eigenvalue weighted by Crippen LogP contribution is -2.33. The molecular formula is C14H22N4O3. The molecule has 21 heavy (non-hydrogen) atoms. The standard InChI is InChI=1S/C14H22N4O3/c1-4-20-10-14(19)18-8-7-11(9-18)21-13-6-5-12(15-16-13)17(2)3/h5-6,11H,4,7-10H2,1-3H3/t11-/m1/s1. The minimum atomic E-state index is -0.0323. The summed E-state index contributed by atoms with van der Waals surface area (Å²) in [7, 11) is 3.81. The van der Waals surface area contributed by atoms with Crippen molar-refractivity contribution in [3.63, 3.8) is 0 Å². The molecule has 1 saturated heterocycles. The Morgan fingerprint density at radius 1 is 1.43 bits per heavy atom. The number of anilines is 1. The van der Waals surface area contributed by atoms with Gasteiger partial charge in [-0.05, 0) is 13.0 Å². The van der Waals surface area contributed by atoms with Crippen LogP contribution in [0.15, 0.2) is 12.1 Å². The Kier molecular flexibility index (Phi) is 5.32. The average Bonchev–Trinajstić information content (AvgIpc) is 2.94. The molecule has 0 aliphatic carbocycles. The first kappa shape index (κ1) is 15.5. The molecular weight excluding hydrogens is 272 g/mol. The van der Waals surface area contributed by atoms with Crippen LogP contribution in [-0.2, 0) is 9.53 Å². The van der Waals surface area contributed by atoms with Crippen molar-refractivity contribution in [1.29, 1.82) is 0 Å². The molecule has 0 spiro atoms. The number of nitrogens with zero attached hydrogens (tertiary/aromatic N) is 4. The van der Waals surface area contributed by atoms with Crippen LogP contribution < -0.4 is 9.64 Å². The van der Waals surface area contributed by atoms with Crippen LogP contribution in [0.25, 0.3) is 0 Å². The molecule has 1 atom stereocenters. The Hall–Kier alpha value is -1.89. The third-order valence-corrected chi connectivity index (χ3v) is 3.30. The monoisotopic (exact) mass is 294 g/mol. The van der Waals surface area contributed by atoms with Gasteiger partial charge in [-0.1, -0.05) is 0 Å². The lowest BCUT2D eigenvalue weighted by Gasteiger charge is -2.17. The van der Waals surface area contributed by atoms with E-state index in [-0.39, 0.29) is 18.6 Å². The first-order chi connectivity index (χ1) is 10.1. The van der Waals surface area contributed by atoms with Crippen LogP contribution in [0.5, 0.6) is 5.88 Å². The molecule has 1 aliphatic rings. The third kappa shape index (κ3) is 4.29. The number of aromatic nitrogens is 2. The zero-order valence-corrected chi connectivity index (χ0v) is 12.8. The molecule has 116 valence electrons. The van der Waals surface area contributed by atoms with Gasteiger partial charge >= 0.3 is 0 Å². The summed E-state index contributed by atoms with van der Waals surface area (Å²) in [5.41, 5.74) is 0. The highest BCUT2D eigenvalue weighted by Gasteiger charge is 2.27. The molecule has 0 saturated carbocycles. The number of carbonyl (C=O) groups excluding carboxylic acids is 1. The normalized spacial score (nSPS) is 17.9. The number of likely N-dealkylation sites (tertiary alicyclic amines) is 1. The topological polar surface area (TPSA) is 67.8 Å². The van der Waals surface area contributed by atoms with E-state index in [1.54, 1.807) is 11.0 Å². The van der Waals surface area contributed by atoms with Crippen molar-refractivity contribution in [3.05, 3.63) is 12.1 Å². The molecule has 7 nitrogen and oxygen atoms in total. The number of hydrogen-bond donors (Lipinski definition) is 0. The SMILES string of the molecule is CCOCC(=O)N1CC[C@@H](Oc2ccc(N(C)C)nn2)C1. The molecule has 1 fully saturated rings. The number of rotatable bonds is 6. The van der Waals surface area contributed by atoms with Crippen LogP contribution in [0, 0.1) is 0 Å². The zero-order chi connectivity index (χ0) is 15.2. The molecule has 7 heteroatoms. The summed E-state index contributed by atoms with van der Waals surface area (Å²) < 4.78 is 10.9. The Bertz CT molecular complexity index is 464. The fraction of sp³-hybridized carbons (Fsp3) is 0.643. The predicted octanol–water partition coefficient (Wildman–Crippen LogP) is 0.559. The Labute approximate surface area is 124 Å². The van der Waals surface area contributed by atoms with Crippen LogP contribution in [0.2, 0.25) is 0 Å². The van der Waals surface area contributed by atoms with Crippen molar-refractivity contribution in [2.75, 3.05) is 45.3 Å². The molecule has 0 N–H and O–H groups in total. The van der Waals surface area contributed by atoms with Crippen molar-refractivity contribution >= 4 is 11.7 Å². The van der Waals surface area contributed by atoms with Crippen LogP contribution in [0.3, 0.4) is 0 Å². The van der Waals surface area contributed by atoms with Crippen LogP contribution in [0.4, 0.5) is 5.82 Å². The van der Waals surface area contributed by atoms with E-state index in [0.717, 1.165) is 12.2 Å². The van der Waals surface area contributed by atoms with Gasteiger partial charge in [-0.15, -0.1) is 10.2 Å². The highest BCUT2D eigenvalue weighted by atomic mass is 16.5. The molecule has 1 amide bonds. The van der Waals surface area contributed by atoms with Crippen molar-refractivity contribution in [2.45, 2.75) is 19.4 Å². The van der Waals surface area contributed by atoms with E-state index in [2.05, 4.69) is 10.2 Å².